The fraction of sp³-hybridized carbons (Fsp3) is 0. The van der Waals surface area contributed by atoms with E-state index < -0.39 is 0 Å². The molecule has 0 aliphatic rings. The first-order valence-electron chi connectivity index (χ1n) is 3.81. The van der Waals surface area contributed by atoms with Gasteiger partial charge in [0, 0.05) is 10.5 Å². The molecule has 1 amide bonds. The molecule has 0 radical (unpaired) electrons. The number of carbonyl (C=O) groups is 1. The smallest absolute Gasteiger partial charge is 0.268 e. The zero-order chi connectivity index (χ0) is 9.97. The predicted octanol–water partition coefficient (Wildman–Crippen LogP) is 2.49. The van der Waals surface area contributed by atoms with E-state index in [1.807, 2.05) is 11.4 Å². The van der Waals surface area contributed by atoms with E-state index in [4.69, 9.17) is 0 Å². The van der Waals surface area contributed by atoms with Crippen LogP contribution in [-0.2, 0) is 0 Å². The minimum atomic E-state index is -0.142. The average molecular weight is 272 g/mol. The number of anilines is 1. The van der Waals surface area contributed by atoms with Crippen molar-refractivity contribution in [3.8, 4) is 0 Å². The maximum atomic E-state index is 11.6. The van der Waals surface area contributed by atoms with E-state index in [9.17, 15) is 4.79 Å². The molecule has 0 saturated heterocycles. The lowest BCUT2D eigenvalue weighted by Gasteiger charge is -1.99. The van der Waals surface area contributed by atoms with Crippen molar-refractivity contribution in [3.63, 3.8) is 0 Å². The van der Waals surface area contributed by atoms with Gasteiger partial charge in [-0.15, -0.1) is 11.3 Å². The van der Waals surface area contributed by atoms with Gasteiger partial charge in [-0.3, -0.25) is 9.89 Å². The number of aromatic amines is 1. The first-order chi connectivity index (χ1) is 6.77. The van der Waals surface area contributed by atoms with Crippen molar-refractivity contribution >= 4 is 39.0 Å². The maximum absolute atomic E-state index is 11.6. The van der Waals surface area contributed by atoms with E-state index in [1.165, 1.54) is 11.3 Å². The topological polar surface area (TPSA) is 57.8 Å². The third-order valence-electron chi connectivity index (χ3n) is 1.57. The number of hydrogen-bond donors (Lipinski definition) is 2. The number of amides is 1. The number of H-pyrrole nitrogens is 1. The normalized spacial score (nSPS) is 10.1. The van der Waals surface area contributed by atoms with Crippen molar-refractivity contribution in [2.75, 3.05) is 5.32 Å². The standard InChI is InChI=1S/C8H6BrN3OS/c9-5-2-4-14-7(5)8(13)11-6-1-3-10-12-6/h1-4H,(H2,10,11,12,13). The average Bonchev–Trinajstić information content (AvgIpc) is 2.75. The largest absolute Gasteiger partial charge is 0.306 e. The summed E-state index contributed by atoms with van der Waals surface area (Å²) in [7, 11) is 0. The van der Waals surface area contributed by atoms with Crippen LogP contribution >= 0.6 is 27.3 Å². The van der Waals surface area contributed by atoms with Crippen molar-refractivity contribution in [3.05, 3.63) is 33.1 Å². The van der Waals surface area contributed by atoms with Gasteiger partial charge in [-0.2, -0.15) is 5.10 Å². The molecule has 0 spiro atoms. The van der Waals surface area contributed by atoms with Crippen molar-refractivity contribution in [1.82, 2.24) is 10.2 Å². The summed E-state index contributed by atoms with van der Waals surface area (Å²) in [5.74, 6) is 0.450. The van der Waals surface area contributed by atoms with Crippen molar-refractivity contribution < 1.29 is 4.79 Å². The number of halogens is 1. The van der Waals surface area contributed by atoms with E-state index in [1.54, 1.807) is 12.3 Å². The zero-order valence-electron chi connectivity index (χ0n) is 6.95. The molecular formula is C8H6BrN3OS. The van der Waals surface area contributed by atoms with Crippen LogP contribution in [0.4, 0.5) is 5.82 Å². The molecule has 2 aromatic rings. The van der Waals surface area contributed by atoms with Gasteiger partial charge in [0.15, 0.2) is 0 Å². The Hall–Kier alpha value is -1.14. The Kier molecular flexibility index (Phi) is 2.64. The molecule has 0 aliphatic heterocycles. The lowest BCUT2D eigenvalue weighted by molar-refractivity contribution is 0.102. The Labute approximate surface area is 92.5 Å². The second-order valence-corrected chi connectivity index (χ2v) is 4.29. The molecule has 72 valence electrons. The van der Waals surface area contributed by atoms with Crippen molar-refractivity contribution in [2.24, 2.45) is 0 Å². The van der Waals surface area contributed by atoms with Crippen LogP contribution in [0, 0.1) is 0 Å². The van der Waals surface area contributed by atoms with Gasteiger partial charge in [-0.05, 0) is 27.4 Å². The first kappa shape index (κ1) is 9.42. The molecule has 2 rings (SSSR count). The lowest BCUT2D eigenvalue weighted by atomic mass is 10.4. The summed E-state index contributed by atoms with van der Waals surface area (Å²) in [5.41, 5.74) is 0. The second-order valence-electron chi connectivity index (χ2n) is 2.52. The van der Waals surface area contributed by atoms with Crippen LogP contribution < -0.4 is 5.32 Å². The Balaban J connectivity index is 2.14. The number of aromatic nitrogens is 2. The molecule has 0 aliphatic carbocycles. The Morgan fingerprint density at radius 1 is 1.57 bits per heavy atom. The van der Waals surface area contributed by atoms with Gasteiger partial charge in [0.25, 0.3) is 5.91 Å². The van der Waals surface area contributed by atoms with Gasteiger partial charge in [0.05, 0.1) is 6.20 Å². The lowest BCUT2D eigenvalue weighted by Crippen LogP contribution is -2.10. The molecular weight excluding hydrogens is 266 g/mol. The highest BCUT2D eigenvalue weighted by Crippen LogP contribution is 2.23. The molecule has 6 heteroatoms. The predicted molar refractivity (Wildman–Crippen MR) is 58.6 cm³/mol. The van der Waals surface area contributed by atoms with Gasteiger partial charge >= 0.3 is 0 Å². The number of rotatable bonds is 2. The van der Waals surface area contributed by atoms with Crippen LogP contribution in [-0.4, -0.2) is 16.1 Å². The monoisotopic (exact) mass is 271 g/mol. The number of thiophene rings is 1. The number of nitrogens with zero attached hydrogens (tertiary/aromatic N) is 1. The highest BCUT2D eigenvalue weighted by Gasteiger charge is 2.11. The fourth-order valence-corrected chi connectivity index (χ4v) is 2.41. The SMILES string of the molecule is O=C(Nc1ccn[nH]1)c1sccc1Br. The second kappa shape index (κ2) is 3.93. The Morgan fingerprint density at radius 2 is 2.43 bits per heavy atom. The van der Waals surface area contributed by atoms with E-state index >= 15 is 0 Å². The minimum absolute atomic E-state index is 0.142. The minimum Gasteiger partial charge on any atom is -0.306 e. The summed E-state index contributed by atoms with van der Waals surface area (Å²) in [4.78, 5) is 12.3. The summed E-state index contributed by atoms with van der Waals surface area (Å²) in [6.45, 7) is 0. The fourth-order valence-electron chi connectivity index (χ4n) is 0.960. The van der Waals surface area contributed by atoms with Crippen LogP contribution in [0.25, 0.3) is 0 Å². The first-order valence-corrected chi connectivity index (χ1v) is 5.48. The summed E-state index contributed by atoms with van der Waals surface area (Å²) >= 11 is 4.68. The van der Waals surface area contributed by atoms with E-state index in [-0.39, 0.29) is 5.91 Å². The summed E-state index contributed by atoms with van der Waals surface area (Å²) < 4.78 is 0.805. The molecule has 0 unspecified atom stereocenters. The molecule has 2 N–H and O–H groups in total. The van der Waals surface area contributed by atoms with Gasteiger partial charge in [-0.25, -0.2) is 0 Å². The molecule has 2 heterocycles. The van der Waals surface area contributed by atoms with Crippen LogP contribution in [0.1, 0.15) is 9.67 Å². The molecule has 0 atom stereocenters. The van der Waals surface area contributed by atoms with Crippen LogP contribution in [0.3, 0.4) is 0 Å². The number of nitrogens with one attached hydrogen (secondary N) is 2. The third-order valence-corrected chi connectivity index (χ3v) is 3.41. The van der Waals surface area contributed by atoms with Gasteiger partial charge in [0.1, 0.15) is 10.7 Å². The summed E-state index contributed by atoms with van der Waals surface area (Å²) in [6, 6.07) is 3.53. The van der Waals surface area contributed by atoms with E-state index in [0.717, 1.165) is 4.47 Å². The molecule has 14 heavy (non-hydrogen) atoms. The highest BCUT2D eigenvalue weighted by molar-refractivity contribution is 9.10. The third kappa shape index (κ3) is 1.85. The van der Waals surface area contributed by atoms with Crippen molar-refractivity contribution in [2.45, 2.75) is 0 Å². The van der Waals surface area contributed by atoms with E-state index in [0.29, 0.717) is 10.7 Å². The summed E-state index contributed by atoms with van der Waals surface area (Å²) in [5, 5.41) is 10.9. The van der Waals surface area contributed by atoms with Crippen LogP contribution in [0.15, 0.2) is 28.2 Å². The van der Waals surface area contributed by atoms with Crippen LogP contribution in [0.2, 0.25) is 0 Å². The molecule has 0 aromatic carbocycles. The molecule has 4 nitrogen and oxygen atoms in total. The number of carbonyl (C=O) groups excluding carboxylic acids is 1. The highest BCUT2D eigenvalue weighted by atomic mass is 79.9. The molecule has 0 fully saturated rings. The molecule has 0 saturated carbocycles. The molecule has 2 aromatic heterocycles. The summed E-state index contributed by atoms with van der Waals surface area (Å²) in [6.07, 6.45) is 1.58. The van der Waals surface area contributed by atoms with E-state index in [2.05, 4.69) is 31.4 Å². The number of hydrogen-bond acceptors (Lipinski definition) is 3. The Morgan fingerprint density at radius 3 is 3.00 bits per heavy atom. The van der Waals surface area contributed by atoms with Gasteiger partial charge in [0.2, 0.25) is 0 Å². The quantitative estimate of drug-likeness (QED) is 0.882. The van der Waals surface area contributed by atoms with Gasteiger partial charge < -0.3 is 5.32 Å². The van der Waals surface area contributed by atoms with Gasteiger partial charge in [-0.1, -0.05) is 0 Å². The Bertz CT molecular complexity index is 437. The van der Waals surface area contributed by atoms with Crippen molar-refractivity contribution in [1.29, 1.82) is 0 Å². The maximum Gasteiger partial charge on any atom is 0.268 e. The molecule has 0 bridgehead atoms. The van der Waals surface area contributed by atoms with Crippen LogP contribution in [0.5, 0.6) is 0 Å². The zero-order valence-corrected chi connectivity index (χ0v) is 9.35.